The van der Waals surface area contributed by atoms with Crippen LogP contribution in [0, 0.1) is 5.92 Å². The molecule has 3 nitrogen and oxygen atoms in total. The highest BCUT2D eigenvalue weighted by Gasteiger charge is 2.44. The summed E-state index contributed by atoms with van der Waals surface area (Å²) in [6, 6.07) is 10.8. The van der Waals surface area contributed by atoms with E-state index in [0.717, 1.165) is 19.4 Å². The minimum atomic E-state index is 0. The molecule has 1 aromatic carbocycles. The first-order chi connectivity index (χ1) is 9.70. The normalized spacial score (nSPS) is 26.0. The number of hydrogen-bond donors (Lipinski definition) is 2. The van der Waals surface area contributed by atoms with Crippen LogP contribution in [-0.4, -0.2) is 18.5 Å². The van der Waals surface area contributed by atoms with Crippen molar-refractivity contribution in [3.8, 4) is 0 Å². The third kappa shape index (κ3) is 3.78. The number of benzene rings is 1. The molecule has 2 atom stereocenters. The summed E-state index contributed by atoms with van der Waals surface area (Å²) in [4.78, 5) is 12.1. The summed E-state index contributed by atoms with van der Waals surface area (Å²) < 4.78 is 0. The largest absolute Gasteiger partial charge is 0.355 e. The van der Waals surface area contributed by atoms with Gasteiger partial charge in [0.1, 0.15) is 0 Å². The van der Waals surface area contributed by atoms with Crippen LogP contribution in [0.25, 0.3) is 0 Å². The monoisotopic (exact) mass is 308 g/mol. The Morgan fingerprint density at radius 3 is 2.52 bits per heavy atom. The molecular formula is C17H25ClN2O. The highest BCUT2D eigenvalue weighted by Crippen LogP contribution is 2.47. The van der Waals surface area contributed by atoms with Gasteiger partial charge in [0.2, 0.25) is 5.91 Å². The molecule has 0 spiro atoms. The van der Waals surface area contributed by atoms with Crippen molar-refractivity contribution in [3.63, 3.8) is 0 Å². The Morgan fingerprint density at radius 2 is 1.95 bits per heavy atom. The van der Waals surface area contributed by atoms with Gasteiger partial charge in [-0.15, -0.1) is 12.4 Å². The highest BCUT2D eigenvalue weighted by molar-refractivity contribution is 5.85. The van der Waals surface area contributed by atoms with E-state index in [1.807, 2.05) is 6.07 Å². The Balaban J connectivity index is 0.00000161. The summed E-state index contributed by atoms with van der Waals surface area (Å²) in [5.74, 6) is 0.566. The fraction of sp³-hybridized carbons (Fsp3) is 0.588. The fourth-order valence-electron chi connectivity index (χ4n) is 3.41. The van der Waals surface area contributed by atoms with Crippen LogP contribution in [0.15, 0.2) is 30.3 Å². The van der Waals surface area contributed by atoms with E-state index in [1.165, 1.54) is 24.8 Å². The summed E-state index contributed by atoms with van der Waals surface area (Å²) >= 11 is 0. The van der Waals surface area contributed by atoms with Crippen molar-refractivity contribution in [2.45, 2.75) is 50.0 Å². The maximum atomic E-state index is 12.1. The molecule has 0 bridgehead atoms. The molecule has 0 radical (unpaired) electrons. The second-order valence-corrected chi connectivity index (χ2v) is 6.48. The number of amides is 1. The van der Waals surface area contributed by atoms with E-state index in [1.54, 1.807) is 0 Å². The van der Waals surface area contributed by atoms with Crippen molar-refractivity contribution in [2.75, 3.05) is 6.54 Å². The Bertz CT molecular complexity index is 473. The average Bonchev–Trinajstić information content (AvgIpc) is 3.17. The summed E-state index contributed by atoms with van der Waals surface area (Å²) in [5, 5.41) is 3.14. The van der Waals surface area contributed by atoms with Crippen molar-refractivity contribution >= 4 is 18.3 Å². The van der Waals surface area contributed by atoms with Gasteiger partial charge in [-0.25, -0.2) is 0 Å². The lowest BCUT2D eigenvalue weighted by Crippen LogP contribution is -2.35. The third-order valence-electron chi connectivity index (χ3n) is 5.03. The molecule has 21 heavy (non-hydrogen) atoms. The molecule has 0 saturated heterocycles. The number of halogens is 1. The van der Waals surface area contributed by atoms with Gasteiger partial charge in [0.15, 0.2) is 0 Å². The molecule has 2 fully saturated rings. The molecule has 3 rings (SSSR count). The molecule has 4 heteroatoms. The molecule has 1 amide bonds. The minimum absolute atomic E-state index is 0. The van der Waals surface area contributed by atoms with Crippen LogP contribution in [0.5, 0.6) is 0 Å². The smallest absolute Gasteiger partial charge is 0.220 e. The summed E-state index contributed by atoms with van der Waals surface area (Å²) in [7, 11) is 0. The number of hydrogen-bond acceptors (Lipinski definition) is 2. The second kappa shape index (κ2) is 6.80. The Labute approximate surface area is 133 Å². The lowest BCUT2D eigenvalue weighted by Gasteiger charge is -2.19. The predicted molar refractivity (Wildman–Crippen MR) is 87.5 cm³/mol. The quantitative estimate of drug-likeness (QED) is 0.879. The van der Waals surface area contributed by atoms with Gasteiger partial charge in [0.05, 0.1) is 0 Å². The summed E-state index contributed by atoms with van der Waals surface area (Å²) in [6.07, 6.45) is 6.32. The van der Waals surface area contributed by atoms with Crippen LogP contribution in [0.1, 0.15) is 44.1 Å². The van der Waals surface area contributed by atoms with Gasteiger partial charge < -0.3 is 11.1 Å². The van der Waals surface area contributed by atoms with E-state index >= 15 is 0 Å². The maximum absolute atomic E-state index is 12.1. The zero-order valence-corrected chi connectivity index (χ0v) is 13.2. The summed E-state index contributed by atoms with van der Waals surface area (Å²) in [5.41, 5.74) is 7.59. The first-order valence-corrected chi connectivity index (χ1v) is 7.77. The molecule has 2 aliphatic rings. The van der Waals surface area contributed by atoms with Crippen LogP contribution in [0.2, 0.25) is 0 Å². The van der Waals surface area contributed by atoms with Crippen molar-refractivity contribution in [1.82, 2.24) is 5.32 Å². The van der Waals surface area contributed by atoms with E-state index < -0.39 is 0 Å². The maximum Gasteiger partial charge on any atom is 0.220 e. The minimum Gasteiger partial charge on any atom is -0.355 e. The standard InChI is InChI=1S/C17H24N2O.ClH/c18-15-8-4-5-13(15)11-16(20)19-12-17(9-10-17)14-6-2-1-3-7-14;/h1-3,6-7,13,15H,4-5,8-12,18H2,(H,19,20);1H/t13-,15+;/m0./s1. The molecule has 0 heterocycles. The van der Waals surface area contributed by atoms with Crippen molar-refractivity contribution in [3.05, 3.63) is 35.9 Å². The van der Waals surface area contributed by atoms with Crippen molar-refractivity contribution in [1.29, 1.82) is 0 Å². The zero-order chi connectivity index (χ0) is 14.0. The Kier molecular flexibility index (Phi) is 5.28. The first kappa shape index (κ1) is 16.3. The molecule has 0 aromatic heterocycles. The van der Waals surface area contributed by atoms with E-state index in [-0.39, 0.29) is 29.8 Å². The number of nitrogens with one attached hydrogen (secondary N) is 1. The highest BCUT2D eigenvalue weighted by atomic mass is 35.5. The number of nitrogens with two attached hydrogens (primary N) is 1. The van der Waals surface area contributed by atoms with Gasteiger partial charge in [-0.1, -0.05) is 36.8 Å². The number of rotatable bonds is 5. The second-order valence-electron chi connectivity index (χ2n) is 6.48. The third-order valence-corrected chi connectivity index (χ3v) is 5.03. The lowest BCUT2D eigenvalue weighted by atomic mass is 9.95. The van der Waals surface area contributed by atoms with E-state index in [0.29, 0.717) is 12.3 Å². The molecular weight excluding hydrogens is 284 g/mol. The van der Waals surface area contributed by atoms with Gasteiger partial charge >= 0.3 is 0 Å². The lowest BCUT2D eigenvalue weighted by molar-refractivity contribution is -0.122. The van der Waals surface area contributed by atoms with Gasteiger partial charge in [0.25, 0.3) is 0 Å². The van der Waals surface area contributed by atoms with Crippen LogP contribution >= 0.6 is 12.4 Å². The van der Waals surface area contributed by atoms with Crippen molar-refractivity contribution < 1.29 is 4.79 Å². The number of carbonyl (C=O) groups excluding carboxylic acids is 1. The SMILES string of the molecule is Cl.N[C@@H]1CCC[C@H]1CC(=O)NCC1(c2ccccc2)CC1. The van der Waals surface area contributed by atoms with Crippen LogP contribution in [-0.2, 0) is 10.2 Å². The van der Waals surface area contributed by atoms with Gasteiger partial charge in [-0.05, 0) is 37.2 Å². The van der Waals surface area contributed by atoms with E-state index in [2.05, 4.69) is 29.6 Å². The summed E-state index contributed by atoms with van der Waals surface area (Å²) in [6.45, 7) is 0.776. The van der Waals surface area contributed by atoms with Gasteiger partial charge in [-0.3, -0.25) is 4.79 Å². The molecule has 2 aliphatic carbocycles. The zero-order valence-electron chi connectivity index (χ0n) is 12.4. The van der Waals surface area contributed by atoms with Gasteiger partial charge in [0, 0.05) is 24.4 Å². The number of carbonyl (C=O) groups is 1. The van der Waals surface area contributed by atoms with Crippen molar-refractivity contribution in [2.24, 2.45) is 11.7 Å². The van der Waals surface area contributed by atoms with Crippen LogP contribution in [0.3, 0.4) is 0 Å². The molecule has 0 aliphatic heterocycles. The fourth-order valence-corrected chi connectivity index (χ4v) is 3.41. The molecule has 3 N–H and O–H groups in total. The van der Waals surface area contributed by atoms with Crippen LogP contribution in [0.4, 0.5) is 0 Å². The molecule has 0 unspecified atom stereocenters. The Morgan fingerprint density at radius 1 is 1.24 bits per heavy atom. The first-order valence-electron chi connectivity index (χ1n) is 7.77. The molecule has 2 saturated carbocycles. The average molecular weight is 309 g/mol. The van der Waals surface area contributed by atoms with Gasteiger partial charge in [-0.2, -0.15) is 0 Å². The predicted octanol–water partition coefficient (Wildman–Crippen LogP) is 2.77. The van der Waals surface area contributed by atoms with E-state index in [9.17, 15) is 4.79 Å². The molecule has 116 valence electrons. The Hall–Kier alpha value is -1.06. The topological polar surface area (TPSA) is 55.1 Å². The van der Waals surface area contributed by atoms with Crippen LogP contribution < -0.4 is 11.1 Å². The van der Waals surface area contributed by atoms with E-state index in [4.69, 9.17) is 5.73 Å². The molecule has 1 aromatic rings.